The maximum atomic E-state index is 5.96. The highest BCUT2D eigenvalue weighted by Gasteiger charge is 2.26. The molecule has 7 nitrogen and oxygen atoms in total. The molecule has 1 unspecified atom stereocenters. The predicted molar refractivity (Wildman–Crippen MR) is 119 cm³/mol. The van der Waals surface area contributed by atoms with E-state index in [1.165, 1.54) is 12.8 Å². The smallest absolute Gasteiger partial charge is 0.191 e. The largest absolute Gasteiger partial charge is 0.493 e. The first-order chi connectivity index (χ1) is 14.6. The number of hydrogen-bond donors (Lipinski definition) is 2. The van der Waals surface area contributed by atoms with Crippen LogP contribution in [0.1, 0.15) is 42.9 Å². The Morgan fingerprint density at radius 3 is 2.50 bits per heavy atom. The summed E-state index contributed by atoms with van der Waals surface area (Å²) < 4.78 is 16.7. The van der Waals surface area contributed by atoms with Crippen molar-refractivity contribution in [3.05, 3.63) is 47.4 Å². The summed E-state index contributed by atoms with van der Waals surface area (Å²) in [5.41, 5.74) is 1.06. The molecule has 164 valence electrons. The molecule has 0 spiro atoms. The average molecular weight is 415 g/mol. The molecule has 7 heteroatoms. The number of guanidine groups is 1. The number of ether oxygens (including phenoxy) is 2. The number of methoxy groups -OCH3 is 2. The fraction of sp³-hybridized carbons (Fsp3) is 0.522. The molecular weight excluding hydrogens is 380 g/mol. The predicted octanol–water partition coefficient (Wildman–Crippen LogP) is 3.50. The van der Waals surface area contributed by atoms with Crippen LogP contribution in [0.15, 0.2) is 39.7 Å². The highest BCUT2D eigenvalue weighted by Crippen LogP contribution is 2.28. The van der Waals surface area contributed by atoms with Crippen molar-refractivity contribution in [1.29, 1.82) is 0 Å². The maximum absolute atomic E-state index is 5.96. The molecule has 0 bridgehead atoms. The summed E-state index contributed by atoms with van der Waals surface area (Å²) in [4.78, 5) is 7.25. The van der Waals surface area contributed by atoms with Crippen molar-refractivity contribution in [2.24, 2.45) is 4.99 Å². The minimum atomic E-state index is 0.200. The highest BCUT2D eigenvalue weighted by atomic mass is 16.5. The minimum absolute atomic E-state index is 0.200. The number of nitrogens with zero attached hydrogens (tertiary/aromatic N) is 2. The molecule has 1 fully saturated rings. The number of benzene rings is 1. The minimum Gasteiger partial charge on any atom is -0.493 e. The SMILES string of the molecule is CCNC(=NCc1ccc(OC)c(OC)c1)NCC(c1ccc(C)o1)N1CCCC1. The number of hydrogen-bond acceptors (Lipinski definition) is 5. The molecule has 30 heavy (non-hydrogen) atoms. The van der Waals surface area contributed by atoms with Gasteiger partial charge in [-0.1, -0.05) is 6.07 Å². The van der Waals surface area contributed by atoms with Crippen LogP contribution in [-0.2, 0) is 6.54 Å². The first kappa shape index (κ1) is 22.0. The number of aliphatic imine (C=N–C) groups is 1. The van der Waals surface area contributed by atoms with Gasteiger partial charge < -0.3 is 24.5 Å². The Bertz CT molecular complexity index is 828. The number of aryl methyl sites for hydroxylation is 1. The quantitative estimate of drug-likeness (QED) is 0.483. The normalized spacial score (nSPS) is 15.8. The molecule has 3 rings (SSSR count). The average Bonchev–Trinajstić information content (AvgIpc) is 3.44. The van der Waals surface area contributed by atoms with Crippen LogP contribution >= 0.6 is 0 Å². The second kappa shape index (κ2) is 10.9. The molecular formula is C23H34N4O3. The molecule has 1 atom stereocenters. The monoisotopic (exact) mass is 414 g/mol. The van der Waals surface area contributed by atoms with Gasteiger partial charge in [0.25, 0.3) is 0 Å². The lowest BCUT2D eigenvalue weighted by Gasteiger charge is -2.26. The van der Waals surface area contributed by atoms with Gasteiger partial charge in [0.2, 0.25) is 0 Å². The standard InChI is InChI=1S/C23H34N4O3/c1-5-24-23(25-15-18-9-11-21(28-3)22(14-18)29-4)26-16-19(27-12-6-7-13-27)20-10-8-17(2)30-20/h8-11,14,19H,5-7,12-13,15-16H2,1-4H3,(H2,24,25,26). The molecule has 0 aliphatic carbocycles. The van der Waals surface area contributed by atoms with E-state index in [-0.39, 0.29) is 6.04 Å². The fourth-order valence-corrected chi connectivity index (χ4v) is 3.78. The topological polar surface area (TPSA) is 71.3 Å². The van der Waals surface area contributed by atoms with E-state index >= 15 is 0 Å². The van der Waals surface area contributed by atoms with E-state index in [1.54, 1.807) is 14.2 Å². The first-order valence-electron chi connectivity index (χ1n) is 10.7. The van der Waals surface area contributed by atoms with Crippen LogP contribution in [-0.4, -0.2) is 51.3 Å². The van der Waals surface area contributed by atoms with Crippen molar-refractivity contribution in [3.63, 3.8) is 0 Å². The number of likely N-dealkylation sites (tertiary alicyclic amines) is 1. The Kier molecular flexibility index (Phi) is 8.02. The van der Waals surface area contributed by atoms with Gasteiger partial charge in [0.1, 0.15) is 11.5 Å². The van der Waals surface area contributed by atoms with E-state index in [1.807, 2.05) is 31.2 Å². The Morgan fingerprint density at radius 2 is 1.87 bits per heavy atom. The van der Waals surface area contributed by atoms with Crippen LogP contribution in [0.4, 0.5) is 0 Å². The van der Waals surface area contributed by atoms with Crippen molar-refractivity contribution in [2.45, 2.75) is 39.3 Å². The van der Waals surface area contributed by atoms with E-state index in [4.69, 9.17) is 18.9 Å². The number of nitrogens with one attached hydrogen (secondary N) is 2. The van der Waals surface area contributed by atoms with Gasteiger partial charge in [-0.05, 0) is 69.6 Å². The number of rotatable bonds is 9. The van der Waals surface area contributed by atoms with Crippen LogP contribution < -0.4 is 20.1 Å². The zero-order valence-electron chi connectivity index (χ0n) is 18.5. The van der Waals surface area contributed by atoms with Crippen molar-refractivity contribution < 1.29 is 13.9 Å². The van der Waals surface area contributed by atoms with Crippen LogP contribution in [0, 0.1) is 6.92 Å². The molecule has 2 N–H and O–H groups in total. The molecule has 0 radical (unpaired) electrons. The third kappa shape index (κ3) is 5.69. The van der Waals surface area contributed by atoms with Gasteiger partial charge in [0.15, 0.2) is 17.5 Å². The van der Waals surface area contributed by atoms with Gasteiger partial charge in [0, 0.05) is 13.1 Å². The second-order valence-electron chi connectivity index (χ2n) is 7.47. The Balaban J connectivity index is 1.69. The molecule has 2 aromatic rings. The van der Waals surface area contributed by atoms with Gasteiger partial charge in [-0.25, -0.2) is 4.99 Å². The molecule has 1 aromatic heterocycles. The lowest BCUT2D eigenvalue weighted by atomic mass is 10.2. The van der Waals surface area contributed by atoms with Crippen molar-refractivity contribution in [3.8, 4) is 11.5 Å². The molecule has 1 aromatic carbocycles. The summed E-state index contributed by atoms with van der Waals surface area (Å²) in [5.74, 6) is 4.18. The van der Waals surface area contributed by atoms with Gasteiger partial charge in [-0.2, -0.15) is 0 Å². The molecule has 2 heterocycles. The summed E-state index contributed by atoms with van der Waals surface area (Å²) in [6.07, 6.45) is 2.48. The van der Waals surface area contributed by atoms with Crippen LogP contribution in [0.2, 0.25) is 0 Å². The third-order valence-electron chi connectivity index (χ3n) is 5.35. The van der Waals surface area contributed by atoms with Crippen molar-refractivity contribution in [1.82, 2.24) is 15.5 Å². The van der Waals surface area contributed by atoms with Gasteiger partial charge in [-0.15, -0.1) is 0 Å². The first-order valence-corrected chi connectivity index (χ1v) is 10.7. The fourth-order valence-electron chi connectivity index (χ4n) is 3.78. The molecule has 0 amide bonds. The summed E-state index contributed by atoms with van der Waals surface area (Å²) in [5, 5.41) is 6.85. The van der Waals surface area contributed by atoms with Crippen LogP contribution in [0.5, 0.6) is 11.5 Å². The van der Waals surface area contributed by atoms with Gasteiger partial charge in [-0.3, -0.25) is 4.90 Å². The lowest BCUT2D eigenvalue weighted by Crippen LogP contribution is -2.42. The number of furan rings is 1. The van der Waals surface area contributed by atoms with E-state index in [0.717, 1.165) is 55.0 Å². The Morgan fingerprint density at radius 1 is 1.10 bits per heavy atom. The van der Waals surface area contributed by atoms with Crippen molar-refractivity contribution >= 4 is 5.96 Å². The van der Waals surface area contributed by atoms with Gasteiger partial charge in [0.05, 0.1) is 26.8 Å². The Labute approximate surface area is 179 Å². The van der Waals surface area contributed by atoms with Crippen molar-refractivity contribution in [2.75, 3.05) is 40.4 Å². The Hall–Kier alpha value is -2.67. The molecule has 1 aliphatic rings. The zero-order valence-corrected chi connectivity index (χ0v) is 18.5. The molecule has 1 saturated heterocycles. The van der Waals surface area contributed by atoms with E-state index < -0.39 is 0 Å². The summed E-state index contributed by atoms with van der Waals surface area (Å²) in [6.45, 7) is 8.35. The molecule has 0 saturated carbocycles. The maximum Gasteiger partial charge on any atom is 0.191 e. The summed E-state index contributed by atoms with van der Waals surface area (Å²) >= 11 is 0. The zero-order chi connectivity index (χ0) is 21.3. The second-order valence-corrected chi connectivity index (χ2v) is 7.47. The third-order valence-corrected chi connectivity index (χ3v) is 5.35. The van der Waals surface area contributed by atoms with E-state index in [9.17, 15) is 0 Å². The van der Waals surface area contributed by atoms with Crippen LogP contribution in [0.25, 0.3) is 0 Å². The summed E-state index contributed by atoms with van der Waals surface area (Å²) in [6, 6.07) is 10.2. The van der Waals surface area contributed by atoms with E-state index in [0.29, 0.717) is 12.3 Å². The van der Waals surface area contributed by atoms with E-state index in [2.05, 4.69) is 28.5 Å². The molecule has 1 aliphatic heterocycles. The lowest BCUT2D eigenvalue weighted by molar-refractivity contribution is 0.213. The summed E-state index contributed by atoms with van der Waals surface area (Å²) in [7, 11) is 3.28. The highest BCUT2D eigenvalue weighted by molar-refractivity contribution is 5.79. The van der Waals surface area contributed by atoms with Gasteiger partial charge >= 0.3 is 0 Å². The van der Waals surface area contributed by atoms with Crippen LogP contribution in [0.3, 0.4) is 0 Å².